The normalized spacial score (nSPS) is 14.9. The first-order valence-electron chi connectivity index (χ1n) is 8.01. The van der Waals surface area contributed by atoms with E-state index in [2.05, 4.69) is 35.7 Å². The van der Waals surface area contributed by atoms with Crippen LogP contribution >= 0.6 is 0 Å². The monoisotopic (exact) mass is 306 g/mol. The number of amides is 1. The molecule has 0 N–H and O–H groups in total. The summed E-state index contributed by atoms with van der Waals surface area (Å²) in [5, 5.41) is 0. The van der Waals surface area contributed by atoms with E-state index in [1.807, 2.05) is 41.3 Å². The Kier molecular flexibility index (Phi) is 4.77. The van der Waals surface area contributed by atoms with Crippen LogP contribution < -0.4 is 0 Å². The Morgan fingerprint density at radius 1 is 0.913 bits per heavy atom. The smallest absolute Gasteiger partial charge is 0.242 e. The van der Waals surface area contributed by atoms with Crippen LogP contribution in [0.5, 0.6) is 0 Å². The molecule has 2 aromatic carbocycles. The number of carbonyl (C=O) groups excluding carboxylic acids is 1. The van der Waals surface area contributed by atoms with E-state index in [9.17, 15) is 4.79 Å². The van der Waals surface area contributed by atoms with Gasteiger partial charge in [-0.3, -0.25) is 4.79 Å². The van der Waals surface area contributed by atoms with Gasteiger partial charge in [-0.1, -0.05) is 67.2 Å². The van der Waals surface area contributed by atoms with Gasteiger partial charge in [0.25, 0.3) is 0 Å². The van der Waals surface area contributed by atoms with Gasteiger partial charge in [0.15, 0.2) is 0 Å². The molecule has 1 heterocycles. The summed E-state index contributed by atoms with van der Waals surface area (Å²) in [6.07, 6.45) is 0.798. The lowest BCUT2D eigenvalue weighted by atomic mass is 10.1. The Morgan fingerprint density at radius 2 is 1.52 bits per heavy atom. The maximum Gasteiger partial charge on any atom is 0.242 e. The summed E-state index contributed by atoms with van der Waals surface area (Å²) < 4.78 is 0. The van der Waals surface area contributed by atoms with Crippen LogP contribution in [0.4, 0.5) is 0 Å². The van der Waals surface area contributed by atoms with Gasteiger partial charge in [0.1, 0.15) is 0 Å². The van der Waals surface area contributed by atoms with Gasteiger partial charge >= 0.3 is 0 Å². The highest BCUT2D eigenvalue weighted by Crippen LogP contribution is 2.16. The van der Waals surface area contributed by atoms with Crippen LogP contribution in [0.2, 0.25) is 0 Å². The van der Waals surface area contributed by atoms with Gasteiger partial charge in [0, 0.05) is 31.8 Å². The number of rotatable bonds is 5. The van der Waals surface area contributed by atoms with Gasteiger partial charge < -0.3 is 9.80 Å². The maximum atomic E-state index is 12.4. The van der Waals surface area contributed by atoms with E-state index < -0.39 is 0 Å². The fraction of sp³-hybridized carbons (Fsp3) is 0.250. The van der Waals surface area contributed by atoms with Gasteiger partial charge in [0.2, 0.25) is 5.91 Å². The predicted molar refractivity (Wildman–Crippen MR) is 92.7 cm³/mol. The van der Waals surface area contributed by atoms with Gasteiger partial charge in [0.05, 0.1) is 6.54 Å². The van der Waals surface area contributed by atoms with Crippen LogP contribution in [0.1, 0.15) is 11.1 Å². The first-order valence-corrected chi connectivity index (χ1v) is 8.01. The molecular formula is C20H22N2O. The molecule has 0 spiro atoms. The lowest BCUT2D eigenvalue weighted by Crippen LogP contribution is -2.49. The number of nitrogens with zero attached hydrogens (tertiary/aromatic N) is 2. The zero-order valence-electron chi connectivity index (χ0n) is 13.3. The zero-order chi connectivity index (χ0) is 16.1. The molecule has 0 unspecified atom stereocenters. The van der Waals surface area contributed by atoms with Crippen molar-refractivity contribution in [1.29, 1.82) is 0 Å². The highest BCUT2D eigenvalue weighted by molar-refractivity contribution is 5.79. The molecular weight excluding hydrogens is 284 g/mol. The van der Waals surface area contributed by atoms with E-state index in [-0.39, 0.29) is 5.91 Å². The molecule has 0 radical (unpaired) electrons. The van der Waals surface area contributed by atoms with Crippen molar-refractivity contribution in [3.8, 4) is 0 Å². The van der Waals surface area contributed by atoms with Crippen LogP contribution in [-0.2, 0) is 17.8 Å². The Bertz CT molecular complexity index is 667. The molecule has 3 rings (SSSR count). The van der Waals surface area contributed by atoms with E-state index in [1.54, 1.807) is 0 Å². The van der Waals surface area contributed by atoms with Crippen molar-refractivity contribution < 1.29 is 4.79 Å². The third kappa shape index (κ3) is 4.01. The Hall–Kier alpha value is -2.55. The first-order chi connectivity index (χ1) is 11.2. The molecule has 1 aliphatic rings. The minimum atomic E-state index is 0.175. The van der Waals surface area contributed by atoms with E-state index in [0.29, 0.717) is 13.1 Å². The van der Waals surface area contributed by atoms with Crippen LogP contribution in [0.3, 0.4) is 0 Å². The minimum Gasteiger partial charge on any atom is -0.364 e. The number of carbonyl (C=O) groups is 1. The van der Waals surface area contributed by atoms with Crippen molar-refractivity contribution >= 4 is 5.91 Å². The standard InChI is InChI=1S/C20H22N2O/c1-17(14-18-8-4-2-5-9-18)21-12-13-22(20(23)16-21)15-19-10-6-3-7-11-19/h2-11H,1,12-16H2. The van der Waals surface area contributed by atoms with Gasteiger partial charge in [-0.15, -0.1) is 0 Å². The van der Waals surface area contributed by atoms with Crippen molar-refractivity contribution in [1.82, 2.24) is 9.80 Å². The number of benzene rings is 2. The zero-order valence-corrected chi connectivity index (χ0v) is 13.3. The van der Waals surface area contributed by atoms with Crippen LogP contribution in [0, 0.1) is 0 Å². The Labute approximate surface area is 137 Å². The molecule has 0 aliphatic carbocycles. The fourth-order valence-electron chi connectivity index (χ4n) is 2.89. The molecule has 0 saturated carbocycles. The quantitative estimate of drug-likeness (QED) is 0.847. The summed E-state index contributed by atoms with van der Waals surface area (Å²) in [4.78, 5) is 16.4. The van der Waals surface area contributed by atoms with E-state index in [1.165, 1.54) is 11.1 Å². The molecule has 23 heavy (non-hydrogen) atoms. The average Bonchev–Trinajstić information content (AvgIpc) is 2.58. The minimum absolute atomic E-state index is 0.175. The Balaban J connectivity index is 1.56. The lowest BCUT2D eigenvalue weighted by Gasteiger charge is -2.36. The summed E-state index contributed by atoms with van der Waals surface area (Å²) in [7, 11) is 0. The molecule has 1 aliphatic heterocycles. The lowest BCUT2D eigenvalue weighted by molar-refractivity contribution is -0.135. The third-order valence-electron chi connectivity index (χ3n) is 4.23. The van der Waals surface area contributed by atoms with Gasteiger partial charge in [-0.2, -0.15) is 0 Å². The summed E-state index contributed by atoms with van der Waals surface area (Å²) in [6, 6.07) is 20.4. The van der Waals surface area contributed by atoms with Crippen LogP contribution in [-0.4, -0.2) is 35.3 Å². The molecule has 2 aromatic rings. The molecule has 0 atom stereocenters. The third-order valence-corrected chi connectivity index (χ3v) is 4.23. The van der Waals surface area contributed by atoms with Crippen molar-refractivity contribution in [3.63, 3.8) is 0 Å². The first kappa shape index (κ1) is 15.3. The molecule has 0 aromatic heterocycles. The SMILES string of the molecule is C=C(Cc1ccccc1)N1CCN(Cc2ccccc2)C(=O)C1. The van der Waals surface area contributed by atoms with Crippen LogP contribution in [0.15, 0.2) is 72.9 Å². The largest absolute Gasteiger partial charge is 0.364 e. The number of piperazine rings is 1. The predicted octanol–water partition coefficient (Wildman–Crippen LogP) is 3.09. The van der Waals surface area contributed by atoms with Gasteiger partial charge in [-0.05, 0) is 11.1 Å². The fourth-order valence-corrected chi connectivity index (χ4v) is 2.89. The summed E-state index contributed by atoms with van der Waals surface area (Å²) in [5.74, 6) is 0.175. The number of hydrogen-bond acceptors (Lipinski definition) is 2. The highest BCUT2D eigenvalue weighted by atomic mass is 16.2. The van der Waals surface area contributed by atoms with Crippen molar-refractivity contribution in [2.45, 2.75) is 13.0 Å². The summed E-state index contributed by atoms with van der Waals surface area (Å²) >= 11 is 0. The van der Waals surface area contributed by atoms with Crippen molar-refractivity contribution in [2.75, 3.05) is 19.6 Å². The summed E-state index contributed by atoms with van der Waals surface area (Å²) in [6.45, 7) is 6.90. The molecule has 118 valence electrons. The highest BCUT2D eigenvalue weighted by Gasteiger charge is 2.24. The van der Waals surface area contributed by atoms with E-state index in [0.717, 1.165) is 25.2 Å². The molecule has 1 amide bonds. The topological polar surface area (TPSA) is 23.6 Å². The molecule has 1 saturated heterocycles. The maximum absolute atomic E-state index is 12.4. The average molecular weight is 306 g/mol. The van der Waals surface area contributed by atoms with Crippen LogP contribution in [0.25, 0.3) is 0 Å². The second-order valence-electron chi connectivity index (χ2n) is 5.95. The van der Waals surface area contributed by atoms with E-state index >= 15 is 0 Å². The second-order valence-corrected chi connectivity index (χ2v) is 5.95. The van der Waals surface area contributed by atoms with Gasteiger partial charge in [-0.25, -0.2) is 0 Å². The second kappa shape index (κ2) is 7.14. The summed E-state index contributed by atoms with van der Waals surface area (Å²) in [5.41, 5.74) is 3.43. The number of allylic oxidation sites excluding steroid dienone is 1. The molecule has 0 bridgehead atoms. The Morgan fingerprint density at radius 3 is 2.13 bits per heavy atom. The molecule has 3 nitrogen and oxygen atoms in total. The van der Waals surface area contributed by atoms with E-state index in [4.69, 9.17) is 0 Å². The molecule has 3 heteroatoms. The molecule has 1 fully saturated rings. The van der Waals surface area contributed by atoms with Crippen molar-refractivity contribution in [3.05, 3.63) is 84.1 Å². The number of hydrogen-bond donors (Lipinski definition) is 0. The van der Waals surface area contributed by atoms with Crippen molar-refractivity contribution in [2.24, 2.45) is 0 Å².